The number of hydrogen-bond donors (Lipinski definition) is 0. The second kappa shape index (κ2) is 4.77. The Morgan fingerprint density at radius 3 is 3.07 bits per heavy atom. The van der Waals surface area contributed by atoms with E-state index in [2.05, 4.69) is 43.0 Å². The van der Waals surface area contributed by atoms with Crippen molar-refractivity contribution in [1.82, 2.24) is 4.90 Å². The van der Waals surface area contributed by atoms with E-state index in [-0.39, 0.29) is 0 Å². The highest BCUT2D eigenvalue weighted by Crippen LogP contribution is 2.11. The minimum Gasteiger partial charge on any atom is -0.376 e. The van der Waals surface area contributed by atoms with Crippen molar-refractivity contribution in [3.63, 3.8) is 0 Å². The van der Waals surface area contributed by atoms with Gasteiger partial charge in [0.2, 0.25) is 0 Å². The Bertz CT molecular complexity index is 324. The molecule has 0 aliphatic carbocycles. The van der Waals surface area contributed by atoms with Crippen LogP contribution in [0.4, 0.5) is 0 Å². The van der Waals surface area contributed by atoms with Crippen molar-refractivity contribution in [2.75, 3.05) is 19.7 Å². The van der Waals surface area contributed by atoms with Crippen LogP contribution in [0.2, 0.25) is 0 Å². The summed E-state index contributed by atoms with van der Waals surface area (Å²) in [5.41, 5.74) is 2.75. The zero-order chi connectivity index (χ0) is 10.7. The van der Waals surface area contributed by atoms with Crippen LogP contribution in [0.25, 0.3) is 0 Å². The molecule has 0 saturated carbocycles. The molecule has 2 heteroatoms. The van der Waals surface area contributed by atoms with Crippen LogP contribution in [0.1, 0.15) is 18.1 Å². The fourth-order valence-corrected chi connectivity index (χ4v) is 2.10. The Morgan fingerprint density at radius 1 is 1.47 bits per heavy atom. The summed E-state index contributed by atoms with van der Waals surface area (Å²) < 4.78 is 5.53. The summed E-state index contributed by atoms with van der Waals surface area (Å²) in [7, 11) is 0. The first-order chi connectivity index (χ1) is 7.24. The third-order valence-electron chi connectivity index (χ3n) is 2.81. The Balaban J connectivity index is 1.96. The SMILES string of the molecule is Cc1cccc(CN2CCO[C@@H](C)C2)c1. The Labute approximate surface area is 91.9 Å². The number of aryl methyl sites for hydroxylation is 1. The Hall–Kier alpha value is -0.860. The number of hydrogen-bond acceptors (Lipinski definition) is 2. The van der Waals surface area contributed by atoms with Gasteiger partial charge in [0.1, 0.15) is 0 Å². The standard InChI is InChI=1S/C13H19NO/c1-11-4-3-5-13(8-11)10-14-6-7-15-12(2)9-14/h3-5,8,12H,6-7,9-10H2,1-2H3/t12-/m0/s1. The van der Waals surface area contributed by atoms with Gasteiger partial charge < -0.3 is 4.74 Å². The third-order valence-corrected chi connectivity index (χ3v) is 2.81. The summed E-state index contributed by atoms with van der Waals surface area (Å²) in [5.74, 6) is 0. The smallest absolute Gasteiger partial charge is 0.0674 e. The summed E-state index contributed by atoms with van der Waals surface area (Å²) in [6.45, 7) is 8.31. The topological polar surface area (TPSA) is 12.5 Å². The largest absolute Gasteiger partial charge is 0.376 e. The van der Waals surface area contributed by atoms with E-state index in [1.54, 1.807) is 0 Å². The average molecular weight is 205 g/mol. The van der Waals surface area contributed by atoms with Crippen LogP contribution in [0.15, 0.2) is 24.3 Å². The number of nitrogens with zero attached hydrogens (tertiary/aromatic N) is 1. The van der Waals surface area contributed by atoms with Crippen molar-refractivity contribution in [1.29, 1.82) is 0 Å². The molecule has 0 amide bonds. The molecule has 1 fully saturated rings. The molecule has 0 aromatic heterocycles. The van der Waals surface area contributed by atoms with Crippen LogP contribution in [0.3, 0.4) is 0 Å². The monoisotopic (exact) mass is 205 g/mol. The minimum atomic E-state index is 0.378. The van der Waals surface area contributed by atoms with Crippen LogP contribution < -0.4 is 0 Å². The van der Waals surface area contributed by atoms with Crippen LogP contribution in [-0.4, -0.2) is 30.7 Å². The van der Waals surface area contributed by atoms with E-state index < -0.39 is 0 Å². The van der Waals surface area contributed by atoms with Crippen molar-refractivity contribution in [2.24, 2.45) is 0 Å². The molecule has 1 saturated heterocycles. The highest BCUT2D eigenvalue weighted by molar-refractivity contribution is 5.22. The first kappa shape index (κ1) is 10.7. The molecule has 1 atom stereocenters. The highest BCUT2D eigenvalue weighted by Gasteiger charge is 2.16. The Kier molecular flexibility index (Phi) is 3.39. The van der Waals surface area contributed by atoms with Crippen molar-refractivity contribution in [3.05, 3.63) is 35.4 Å². The Morgan fingerprint density at radius 2 is 2.33 bits per heavy atom. The van der Waals surface area contributed by atoms with E-state index in [9.17, 15) is 0 Å². The van der Waals surface area contributed by atoms with E-state index in [4.69, 9.17) is 4.74 Å². The first-order valence-electron chi connectivity index (χ1n) is 5.63. The third kappa shape index (κ3) is 3.05. The molecule has 0 unspecified atom stereocenters. The molecule has 82 valence electrons. The number of rotatable bonds is 2. The fourth-order valence-electron chi connectivity index (χ4n) is 2.10. The average Bonchev–Trinajstić information content (AvgIpc) is 2.17. The lowest BCUT2D eigenvalue weighted by atomic mass is 10.1. The van der Waals surface area contributed by atoms with Gasteiger partial charge in [0.05, 0.1) is 12.7 Å². The van der Waals surface area contributed by atoms with Gasteiger partial charge in [-0.1, -0.05) is 29.8 Å². The molecule has 0 N–H and O–H groups in total. The summed E-state index contributed by atoms with van der Waals surface area (Å²) in [4.78, 5) is 2.46. The predicted molar refractivity (Wildman–Crippen MR) is 61.9 cm³/mol. The molecule has 0 spiro atoms. The zero-order valence-corrected chi connectivity index (χ0v) is 9.57. The van der Waals surface area contributed by atoms with E-state index >= 15 is 0 Å². The first-order valence-corrected chi connectivity index (χ1v) is 5.63. The van der Waals surface area contributed by atoms with Crippen molar-refractivity contribution in [3.8, 4) is 0 Å². The highest BCUT2D eigenvalue weighted by atomic mass is 16.5. The summed E-state index contributed by atoms with van der Waals surface area (Å²) in [6, 6.07) is 8.74. The van der Waals surface area contributed by atoms with Gasteiger partial charge in [-0.25, -0.2) is 0 Å². The lowest BCUT2D eigenvalue weighted by Crippen LogP contribution is -2.40. The second-order valence-electron chi connectivity index (χ2n) is 4.41. The van der Waals surface area contributed by atoms with Gasteiger partial charge in [0, 0.05) is 19.6 Å². The van der Waals surface area contributed by atoms with Gasteiger partial charge in [-0.15, -0.1) is 0 Å². The van der Waals surface area contributed by atoms with Crippen LogP contribution in [-0.2, 0) is 11.3 Å². The van der Waals surface area contributed by atoms with E-state index in [0.717, 1.165) is 26.2 Å². The molecular formula is C13H19NO. The normalized spacial score (nSPS) is 22.9. The molecule has 1 aliphatic rings. The summed E-state index contributed by atoms with van der Waals surface area (Å²) >= 11 is 0. The van der Waals surface area contributed by atoms with E-state index in [0.29, 0.717) is 6.10 Å². The molecule has 1 aromatic carbocycles. The van der Waals surface area contributed by atoms with Crippen LogP contribution >= 0.6 is 0 Å². The van der Waals surface area contributed by atoms with Gasteiger partial charge in [-0.2, -0.15) is 0 Å². The molecule has 1 aliphatic heterocycles. The summed E-state index contributed by atoms with van der Waals surface area (Å²) in [5, 5.41) is 0. The van der Waals surface area contributed by atoms with Crippen molar-refractivity contribution < 1.29 is 4.74 Å². The fraction of sp³-hybridized carbons (Fsp3) is 0.538. The number of benzene rings is 1. The molecule has 0 radical (unpaired) electrons. The van der Waals surface area contributed by atoms with Crippen LogP contribution in [0.5, 0.6) is 0 Å². The lowest BCUT2D eigenvalue weighted by molar-refractivity contribution is -0.0212. The molecular weight excluding hydrogens is 186 g/mol. The summed E-state index contributed by atoms with van der Waals surface area (Å²) in [6.07, 6.45) is 0.378. The van der Waals surface area contributed by atoms with Gasteiger partial charge in [-0.05, 0) is 19.4 Å². The molecule has 2 nitrogen and oxygen atoms in total. The van der Waals surface area contributed by atoms with Gasteiger partial charge in [0.15, 0.2) is 0 Å². The number of ether oxygens (including phenoxy) is 1. The zero-order valence-electron chi connectivity index (χ0n) is 9.57. The maximum absolute atomic E-state index is 5.53. The minimum absolute atomic E-state index is 0.378. The van der Waals surface area contributed by atoms with Gasteiger partial charge in [-0.3, -0.25) is 4.90 Å². The van der Waals surface area contributed by atoms with E-state index in [1.807, 2.05) is 0 Å². The van der Waals surface area contributed by atoms with Crippen molar-refractivity contribution >= 4 is 0 Å². The predicted octanol–water partition coefficient (Wildman–Crippen LogP) is 2.22. The van der Waals surface area contributed by atoms with Crippen LogP contribution in [0, 0.1) is 6.92 Å². The molecule has 2 rings (SSSR count). The van der Waals surface area contributed by atoms with Gasteiger partial charge in [0.25, 0.3) is 0 Å². The number of morpholine rings is 1. The lowest BCUT2D eigenvalue weighted by Gasteiger charge is -2.31. The molecule has 1 aromatic rings. The van der Waals surface area contributed by atoms with Gasteiger partial charge >= 0.3 is 0 Å². The maximum atomic E-state index is 5.53. The molecule has 1 heterocycles. The molecule has 15 heavy (non-hydrogen) atoms. The van der Waals surface area contributed by atoms with E-state index in [1.165, 1.54) is 11.1 Å². The quantitative estimate of drug-likeness (QED) is 0.734. The second-order valence-corrected chi connectivity index (χ2v) is 4.41. The molecule has 0 bridgehead atoms. The maximum Gasteiger partial charge on any atom is 0.0674 e. The van der Waals surface area contributed by atoms with Crippen molar-refractivity contribution in [2.45, 2.75) is 26.5 Å².